The molecule has 1 aromatic rings. The molecule has 0 saturated heterocycles. The minimum Gasteiger partial charge on any atom is -0.507 e. The molecule has 0 unspecified atom stereocenters. The lowest BCUT2D eigenvalue weighted by atomic mass is 10.0. The maximum atomic E-state index is 12.7. The lowest BCUT2D eigenvalue weighted by Gasteiger charge is -2.21. The van der Waals surface area contributed by atoms with Crippen LogP contribution in [0.3, 0.4) is 0 Å². The number of hydrogen-bond donors (Lipinski definition) is 3. The molecule has 0 fully saturated rings. The number of amides is 1. The number of nitrogens with one attached hydrogen (secondary N) is 1. The summed E-state index contributed by atoms with van der Waals surface area (Å²) in [5.41, 5.74) is 0.494. The number of fused-ring (bicyclic) bond motifs is 1. The first-order valence-corrected chi connectivity index (χ1v) is 9.44. The number of ether oxygens (including phenoxy) is 1. The van der Waals surface area contributed by atoms with E-state index >= 15 is 0 Å². The van der Waals surface area contributed by atoms with Gasteiger partial charge in [-0.3, -0.25) is 4.79 Å². The van der Waals surface area contributed by atoms with E-state index in [9.17, 15) is 19.8 Å². The molecule has 162 valence electrons. The molecule has 0 spiro atoms. The Morgan fingerprint density at radius 2 is 2.10 bits per heavy atom. The van der Waals surface area contributed by atoms with Gasteiger partial charge in [0.15, 0.2) is 0 Å². The minimum atomic E-state index is -1.10. The second-order valence-electron chi connectivity index (χ2n) is 6.25. The fourth-order valence-electron chi connectivity index (χ4n) is 2.58. The number of carbonyl (C=O) groups is 2. The summed E-state index contributed by atoms with van der Waals surface area (Å²) >= 11 is 0. The molecule has 8 nitrogen and oxygen atoms in total. The first-order valence-electron chi connectivity index (χ1n) is 9.44. The number of aliphatic hydroxyl groups excluding tert-OH is 1. The van der Waals surface area contributed by atoms with Gasteiger partial charge >= 0.3 is 5.97 Å². The number of oxime groups is 1. The van der Waals surface area contributed by atoms with E-state index < -0.39 is 24.1 Å². The number of phenolic OH excluding ortho intramolecular Hbond substituents is 1. The molecule has 0 saturated carbocycles. The number of nitrogens with zero attached hydrogens (tertiary/aromatic N) is 1. The van der Waals surface area contributed by atoms with Crippen LogP contribution in [0.2, 0.25) is 0 Å². The normalized spacial score (nSPS) is 22.3. The van der Waals surface area contributed by atoms with E-state index in [1.807, 2.05) is 0 Å². The Morgan fingerprint density at radius 1 is 1.29 bits per heavy atom. The number of rotatable bonds is 6. The van der Waals surface area contributed by atoms with Gasteiger partial charge in [-0.05, 0) is 17.7 Å². The summed E-state index contributed by atoms with van der Waals surface area (Å²) in [6.45, 7) is 0. The summed E-state index contributed by atoms with van der Waals surface area (Å²) in [7, 11) is 1.39. The Kier molecular flexibility index (Phi) is 9.51. The summed E-state index contributed by atoms with van der Waals surface area (Å²) in [6, 6.07) is 4.68. The third-order valence-electron chi connectivity index (χ3n) is 4.05. The molecule has 3 N–H and O–H groups in total. The topological polar surface area (TPSA) is 117 Å². The summed E-state index contributed by atoms with van der Waals surface area (Å²) in [4.78, 5) is 28.8. The molecule has 0 radical (unpaired) electrons. The Labute approximate surface area is 180 Å². The van der Waals surface area contributed by atoms with Gasteiger partial charge in [0.1, 0.15) is 30.6 Å². The van der Waals surface area contributed by atoms with Crippen molar-refractivity contribution in [3.63, 3.8) is 0 Å². The number of benzene rings is 1. The summed E-state index contributed by atoms with van der Waals surface area (Å²) in [5, 5.41) is 26.5. The Bertz CT molecular complexity index is 943. The summed E-state index contributed by atoms with van der Waals surface area (Å²) in [6.07, 6.45) is 14.9. The van der Waals surface area contributed by atoms with Crippen LogP contribution in [-0.4, -0.2) is 47.6 Å². The SMILES string of the molecule is CO/N=C\C=C/C(=O)N/C=C\C[C@H]1OC(=O)c2c(O)cccc2/C=C/C=C\C=C\[C@@H]1O. The number of phenols is 1. The van der Waals surface area contributed by atoms with Crippen molar-refractivity contribution >= 4 is 24.2 Å². The van der Waals surface area contributed by atoms with Crippen molar-refractivity contribution in [2.45, 2.75) is 18.6 Å². The van der Waals surface area contributed by atoms with Crippen molar-refractivity contribution in [2.75, 3.05) is 7.11 Å². The molecule has 31 heavy (non-hydrogen) atoms. The van der Waals surface area contributed by atoms with Gasteiger partial charge in [0.2, 0.25) is 5.91 Å². The van der Waals surface area contributed by atoms with Crippen molar-refractivity contribution in [3.05, 3.63) is 84.1 Å². The van der Waals surface area contributed by atoms with Crippen LogP contribution in [0.5, 0.6) is 5.75 Å². The van der Waals surface area contributed by atoms with E-state index in [2.05, 4.69) is 15.3 Å². The van der Waals surface area contributed by atoms with E-state index in [0.29, 0.717) is 5.56 Å². The maximum Gasteiger partial charge on any atom is 0.342 e. The molecule has 8 heteroatoms. The highest BCUT2D eigenvalue weighted by molar-refractivity contribution is 5.96. The number of cyclic esters (lactones) is 1. The van der Waals surface area contributed by atoms with Crippen LogP contribution in [0, 0.1) is 0 Å². The van der Waals surface area contributed by atoms with Crippen molar-refractivity contribution in [3.8, 4) is 5.75 Å². The number of esters is 1. The molecule has 0 aliphatic carbocycles. The minimum absolute atomic E-state index is 0.00838. The van der Waals surface area contributed by atoms with Gasteiger partial charge < -0.3 is 25.1 Å². The number of allylic oxidation sites excluding steroid dienone is 5. The Balaban J connectivity index is 2.12. The van der Waals surface area contributed by atoms with Crippen molar-refractivity contribution in [2.24, 2.45) is 5.16 Å². The van der Waals surface area contributed by atoms with Gasteiger partial charge in [-0.1, -0.05) is 59.8 Å². The summed E-state index contributed by atoms with van der Waals surface area (Å²) < 4.78 is 5.47. The van der Waals surface area contributed by atoms with Crippen LogP contribution in [0.1, 0.15) is 22.3 Å². The maximum absolute atomic E-state index is 12.7. The monoisotopic (exact) mass is 424 g/mol. The van der Waals surface area contributed by atoms with Gasteiger partial charge in [-0.15, -0.1) is 0 Å². The molecule has 1 amide bonds. The van der Waals surface area contributed by atoms with E-state index in [1.54, 1.807) is 48.6 Å². The van der Waals surface area contributed by atoms with Gasteiger partial charge in [0, 0.05) is 18.7 Å². The smallest absolute Gasteiger partial charge is 0.342 e. The van der Waals surface area contributed by atoms with Crippen LogP contribution in [0.4, 0.5) is 0 Å². The summed E-state index contributed by atoms with van der Waals surface area (Å²) in [5.74, 6) is -1.38. The fraction of sp³-hybridized carbons (Fsp3) is 0.174. The first kappa shape index (κ1) is 23.4. The predicted molar refractivity (Wildman–Crippen MR) is 117 cm³/mol. The highest BCUT2D eigenvalue weighted by Crippen LogP contribution is 2.25. The number of aromatic hydroxyl groups is 1. The average Bonchev–Trinajstić information content (AvgIpc) is 2.74. The molecule has 2 atom stereocenters. The number of aliphatic hydroxyl groups is 1. The quantitative estimate of drug-likeness (QED) is 0.280. The molecule has 1 aromatic carbocycles. The molecule has 1 aliphatic heterocycles. The highest BCUT2D eigenvalue weighted by atomic mass is 16.6. The Morgan fingerprint density at radius 3 is 2.90 bits per heavy atom. The largest absolute Gasteiger partial charge is 0.507 e. The van der Waals surface area contributed by atoms with Crippen LogP contribution in [0.25, 0.3) is 6.08 Å². The third-order valence-corrected chi connectivity index (χ3v) is 4.05. The molecule has 1 heterocycles. The lowest BCUT2D eigenvalue weighted by molar-refractivity contribution is -0.115. The van der Waals surface area contributed by atoms with Crippen molar-refractivity contribution in [1.29, 1.82) is 0 Å². The van der Waals surface area contributed by atoms with Gasteiger partial charge in [-0.2, -0.15) is 0 Å². The first-order chi connectivity index (χ1) is 15.0. The van der Waals surface area contributed by atoms with Crippen molar-refractivity contribution < 1.29 is 29.4 Å². The zero-order valence-corrected chi connectivity index (χ0v) is 16.9. The molecule has 2 rings (SSSR count). The molecular weight excluding hydrogens is 400 g/mol. The zero-order valence-electron chi connectivity index (χ0n) is 16.9. The zero-order chi connectivity index (χ0) is 22.5. The Hall–Kier alpha value is -3.91. The van der Waals surface area contributed by atoms with Crippen LogP contribution in [-0.2, 0) is 14.4 Å². The van der Waals surface area contributed by atoms with E-state index in [-0.39, 0.29) is 17.7 Å². The number of carbonyl (C=O) groups excluding carboxylic acids is 2. The lowest BCUT2D eigenvalue weighted by Crippen LogP contribution is -2.30. The second-order valence-corrected chi connectivity index (χ2v) is 6.25. The van der Waals surface area contributed by atoms with E-state index in [1.165, 1.54) is 43.8 Å². The third kappa shape index (κ3) is 7.79. The standard InChI is InChI=1S/C23H24N2O6/c1-30-25-16-8-14-21(28)24-15-7-13-20-18(26)11-5-3-2-4-9-17-10-6-12-19(27)22(17)23(29)31-20/h2-12,14-16,18,20,26-27H,13H2,1H3,(H,24,28)/b3-2-,9-4+,11-5+,14-8-,15-7-,25-16-/t18-,20+/m0/s1. The van der Waals surface area contributed by atoms with Crippen LogP contribution >= 0.6 is 0 Å². The molecule has 0 aromatic heterocycles. The highest BCUT2D eigenvalue weighted by Gasteiger charge is 2.24. The molecule has 1 aliphatic rings. The van der Waals surface area contributed by atoms with Gasteiger partial charge in [0.05, 0.1) is 6.21 Å². The molecular formula is C23H24N2O6. The van der Waals surface area contributed by atoms with Crippen molar-refractivity contribution in [1.82, 2.24) is 5.32 Å². The van der Waals surface area contributed by atoms with E-state index in [4.69, 9.17) is 4.74 Å². The van der Waals surface area contributed by atoms with Crippen LogP contribution < -0.4 is 5.32 Å². The van der Waals surface area contributed by atoms with Crippen LogP contribution in [0.15, 0.2) is 78.2 Å². The molecule has 0 bridgehead atoms. The van der Waals surface area contributed by atoms with E-state index in [0.717, 1.165) is 0 Å². The fourth-order valence-corrected chi connectivity index (χ4v) is 2.58. The second kappa shape index (κ2) is 12.6. The van der Waals surface area contributed by atoms with Gasteiger partial charge in [0.25, 0.3) is 0 Å². The number of hydrogen-bond acceptors (Lipinski definition) is 7. The average molecular weight is 424 g/mol. The predicted octanol–water partition coefficient (Wildman–Crippen LogP) is 2.63. The van der Waals surface area contributed by atoms with Gasteiger partial charge in [-0.25, -0.2) is 4.79 Å².